The quantitative estimate of drug-likeness (QED) is 0.716. The van der Waals surface area contributed by atoms with Crippen LogP contribution in [0.4, 0.5) is 0 Å². The Morgan fingerprint density at radius 2 is 2.07 bits per heavy atom. The fraction of sp³-hybridized carbons (Fsp3) is 0.417. The van der Waals surface area contributed by atoms with Gasteiger partial charge >= 0.3 is 0 Å². The Morgan fingerprint density at radius 3 is 2.60 bits per heavy atom. The van der Waals surface area contributed by atoms with Gasteiger partial charge in [-0.15, -0.1) is 0 Å². The zero-order valence-corrected chi connectivity index (χ0v) is 8.90. The molecule has 1 unspecified atom stereocenters. The Labute approximate surface area is 90.4 Å². The molecule has 0 spiro atoms. The first-order valence-electron chi connectivity index (χ1n) is 5.16. The molecule has 1 atom stereocenters. The van der Waals surface area contributed by atoms with Crippen molar-refractivity contribution in [2.45, 2.75) is 19.4 Å². The average Bonchev–Trinajstić information content (AvgIpc) is 2.29. The van der Waals surface area contributed by atoms with E-state index in [1.807, 2.05) is 6.07 Å². The van der Waals surface area contributed by atoms with Crippen molar-refractivity contribution in [1.29, 1.82) is 5.26 Å². The maximum Gasteiger partial charge on any atom is 0.0991 e. The fourth-order valence-corrected chi connectivity index (χ4v) is 1.31. The van der Waals surface area contributed by atoms with Crippen LogP contribution in [0.2, 0.25) is 0 Å². The number of nitriles is 1. The monoisotopic (exact) mass is 204 g/mol. The number of nitrogens with one attached hydrogen (secondary N) is 1. The molecule has 0 radical (unpaired) electrons. The third-order valence-corrected chi connectivity index (χ3v) is 2.19. The minimum atomic E-state index is -0.496. The zero-order valence-electron chi connectivity index (χ0n) is 8.90. The van der Waals surface area contributed by atoms with Crippen LogP contribution in [-0.4, -0.2) is 18.2 Å². The van der Waals surface area contributed by atoms with E-state index >= 15 is 0 Å². The van der Waals surface area contributed by atoms with Gasteiger partial charge in [0.1, 0.15) is 0 Å². The molecule has 1 aromatic carbocycles. The summed E-state index contributed by atoms with van der Waals surface area (Å²) < 4.78 is 0. The maximum absolute atomic E-state index is 9.77. The third kappa shape index (κ3) is 3.70. The van der Waals surface area contributed by atoms with Gasteiger partial charge in [-0.05, 0) is 30.7 Å². The number of aliphatic hydroxyl groups excluding tert-OH is 1. The van der Waals surface area contributed by atoms with Crippen LogP contribution in [0.1, 0.15) is 30.6 Å². The molecule has 0 heterocycles. The van der Waals surface area contributed by atoms with Crippen LogP contribution in [0.15, 0.2) is 24.3 Å². The molecule has 3 heteroatoms. The first-order valence-corrected chi connectivity index (χ1v) is 5.16. The summed E-state index contributed by atoms with van der Waals surface area (Å²) >= 11 is 0. The molecule has 0 saturated carbocycles. The highest BCUT2D eigenvalue weighted by Gasteiger charge is 2.05. The van der Waals surface area contributed by atoms with Gasteiger partial charge in [0.05, 0.1) is 17.7 Å². The van der Waals surface area contributed by atoms with Crippen molar-refractivity contribution in [2.24, 2.45) is 0 Å². The van der Waals surface area contributed by atoms with Crippen LogP contribution in [0, 0.1) is 11.3 Å². The standard InChI is InChI=1S/C12H16N2O/c1-2-7-14-9-12(15)11-5-3-10(8-13)4-6-11/h3-6,12,14-15H,2,7,9H2,1H3. The molecule has 0 saturated heterocycles. The van der Waals surface area contributed by atoms with E-state index in [9.17, 15) is 5.11 Å². The molecule has 80 valence electrons. The summed E-state index contributed by atoms with van der Waals surface area (Å²) in [5.74, 6) is 0. The van der Waals surface area contributed by atoms with E-state index in [0.29, 0.717) is 12.1 Å². The van der Waals surface area contributed by atoms with Gasteiger partial charge in [0.2, 0.25) is 0 Å². The Kier molecular flexibility index (Phi) is 4.82. The molecule has 0 aliphatic heterocycles. The minimum Gasteiger partial charge on any atom is -0.387 e. The van der Waals surface area contributed by atoms with Crippen molar-refractivity contribution in [3.63, 3.8) is 0 Å². The predicted octanol–water partition coefficient (Wildman–Crippen LogP) is 1.59. The Hall–Kier alpha value is -1.37. The molecule has 0 fully saturated rings. The Balaban J connectivity index is 2.51. The number of hydrogen-bond donors (Lipinski definition) is 2. The van der Waals surface area contributed by atoms with Crippen LogP contribution in [0.5, 0.6) is 0 Å². The molecule has 0 aromatic heterocycles. The lowest BCUT2D eigenvalue weighted by molar-refractivity contribution is 0.175. The normalized spacial score (nSPS) is 12.1. The molecule has 0 amide bonds. The van der Waals surface area contributed by atoms with E-state index in [0.717, 1.165) is 18.5 Å². The van der Waals surface area contributed by atoms with Gasteiger partial charge in [-0.25, -0.2) is 0 Å². The molecule has 1 rings (SSSR count). The smallest absolute Gasteiger partial charge is 0.0991 e. The van der Waals surface area contributed by atoms with E-state index < -0.39 is 6.10 Å². The summed E-state index contributed by atoms with van der Waals surface area (Å²) in [6.45, 7) is 3.55. The summed E-state index contributed by atoms with van der Waals surface area (Å²) in [5.41, 5.74) is 1.46. The van der Waals surface area contributed by atoms with Crippen LogP contribution < -0.4 is 5.32 Å². The first-order chi connectivity index (χ1) is 7.27. The lowest BCUT2D eigenvalue weighted by Gasteiger charge is -2.11. The minimum absolute atomic E-state index is 0.496. The van der Waals surface area contributed by atoms with Gasteiger partial charge in [-0.2, -0.15) is 5.26 Å². The summed E-state index contributed by atoms with van der Waals surface area (Å²) in [7, 11) is 0. The van der Waals surface area contributed by atoms with E-state index in [4.69, 9.17) is 5.26 Å². The van der Waals surface area contributed by atoms with Crippen LogP contribution >= 0.6 is 0 Å². The van der Waals surface area contributed by atoms with E-state index in [2.05, 4.69) is 12.2 Å². The molecule has 3 nitrogen and oxygen atoms in total. The van der Waals surface area contributed by atoms with Crippen molar-refractivity contribution >= 4 is 0 Å². The predicted molar refractivity (Wildman–Crippen MR) is 59.3 cm³/mol. The van der Waals surface area contributed by atoms with E-state index in [1.165, 1.54) is 0 Å². The van der Waals surface area contributed by atoms with Crippen molar-refractivity contribution in [3.05, 3.63) is 35.4 Å². The molecular formula is C12H16N2O. The Bertz CT molecular complexity index is 326. The van der Waals surface area contributed by atoms with Crippen molar-refractivity contribution in [2.75, 3.05) is 13.1 Å². The number of aliphatic hydroxyl groups is 1. The number of hydrogen-bond acceptors (Lipinski definition) is 3. The maximum atomic E-state index is 9.77. The van der Waals surface area contributed by atoms with E-state index in [-0.39, 0.29) is 0 Å². The summed E-state index contributed by atoms with van der Waals surface area (Å²) in [4.78, 5) is 0. The molecule has 15 heavy (non-hydrogen) atoms. The second kappa shape index (κ2) is 6.18. The lowest BCUT2D eigenvalue weighted by Crippen LogP contribution is -2.22. The Morgan fingerprint density at radius 1 is 1.40 bits per heavy atom. The molecule has 1 aromatic rings. The van der Waals surface area contributed by atoms with Gasteiger partial charge < -0.3 is 10.4 Å². The van der Waals surface area contributed by atoms with Crippen molar-refractivity contribution < 1.29 is 5.11 Å². The van der Waals surface area contributed by atoms with E-state index in [1.54, 1.807) is 24.3 Å². The van der Waals surface area contributed by atoms with Gasteiger partial charge in [0, 0.05) is 6.54 Å². The number of rotatable bonds is 5. The summed E-state index contributed by atoms with van der Waals surface area (Å²) in [5, 5.41) is 21.5. The highest BCUT2D eigenvalue weighted by atomic mass is 16.3. The molecule has 0 aliphatic rings. The van der Waals surface area contributed by atoms with Crippen LogP contribution in [0.3, 0.4) is 0 Å². The van der Waals surface area contributed by atoms with Crippen molar-refractivity contribution in [3.8, 4) is 6.07 Å². The highest BCUT2D eigenvalue weighted by Crippen LogP contribution is 2.12. The van der Waals surface area contributed by atoms with Gasteiger partial charge in [0.25, 0.3) is 0 Å². The molecule has 2 N–H and O–H groups in total. The van der Waals surface area contributed by atoms with Crippen LogP contribution in [0.25, 0.3) is 0 Å². The largest absolute Gasteiger partial charge is 0.387 e. The zero-order chi connectivity index (χ0) is 11.1. The fourth-order valence-electron chi connectivity index (χ4n) is 1.31. The lowest BCUT2D eigenvalue weighted by atomic mass is 10.1. The SMILES string of the molecule is CCCNCC(O)c1ccc(C#N)cc1. The number of benzene rings is 1. The molecular weight excluding hydrogens is 188 g/mol. The van der Waals surface area contributed by atoms with Crippen molar-refractivity contribution in [1.82, 2.24) is 5.32 Å². The number of nitrogens with zero attached hydrogens (tertiary/aromatic N) is 1. The second-order valence-corrected chi connectivity index (χ2v) is 3.45. The topological polar surface area (TPSA) is 56.0 Å². The average molecular weight is 204 g/mol. The third-order valence-electron chi connectivity index (χ3n) is 2.19. The summed E-state index contributed by atoms with van der Waals surface area (Å²) in [6.07, 6.45) is 0.560. The molecule has 0 aliphatic carbocycles. The van der Waals surface area contributed by atoms with Gasteiger partial charge in [0.15, 0.2) is 0 Å². The molecule has 0 bridgehead atoms. The first kappa shape index (κ1) is 11.7. The van der Waals surface area contributed by atoms with Crippen LogP contribution in [-0.2, 0) is 0 Å². The summed E-state index contributed by atoms with van der Waals surface area (Å²) in [6, 6.07) is 9.07. The van der Waals surface area contributed by atoms with Gasteiger partial charge in [-0.3, -0.25) is 0 Å². The van der Waals surface area contributed by atoms with Gasteiger partial charge in [-0.1, -0.05) is 19.1 Å². The highest BCUT2D eigenvalue weighted by molar-refractivity contribution is 5.32. The second-order valence-electron chi connectivity index (χ2n) is 3.45.